The second-order valence-corrected chi connectivity index (χ2v) is 18.6. The number of likely N-dealkylation sites (N-methyl/N-ethyl adjacent to an activating group) is 1. The topological polar surface area (TPSA) is 108 Å². The average Bonchev–Trinajstić information content (AvgIpc) is 3.20. The predicted octanol–water partition coefficient (Wildman–Crippen LogP) is 14.0. The van der Waals surface area contributed by atoms with E-state index in [9.17, 15) is 19.0 Å². The van der Waals surface area contributed by atoms with Gasteiger partial charge in [0.25, 0.3) is 0 Å². The third-order valence-corrected chi connectivity index (χ3v) is 11.0. The highest BCUT2D eigenvalue weighted by Gasteiger charge is 2.27. The fourth-order valence-corrected chi connectivity index (χ4v) is 6.98. The normalized spacial score (nSPS) is 14.0. The fraction of sp³-hybridized carbons (Fsp3) is 0.760. The molecule has 9 nitrogen and oxygen atoms in total. The predicted molar refractivity (Wildman–Crippen MR) is 252 cm³/mol. The van der Waals surface area contributed by atoms with Gasteiger partial charge in [-0.05, 0) is 77.0 Å². The molecule has 0 bridgehead atoms. The molecule has 0 aromatic carbocycles. The van der Waals surface area contributed by atoms with Crippen LogP contribution in [0.3, 0.4) is 0 Å². The Morgan fingerprint density at radius 3 is 1.43 bits per heavy atom. The van der Waals surface area contributed by atoms with E-state index in [1.165, 1.54) is 103 Å². The number of rotatable bonds is 43. The van der Waals surface area contributed by atoms with Gasteiger partial charge in [0, 0.05) is 12.8 Å². The summed E-state index contributed by atoms with van der Waals surface area (Å²) in [5, 5.41) is 0. The minimum atomic E-state index is -4.39. The molecular formula is C50H91NO8P+. The molecule has 0 aromatic rings. The Hall–Kier alpha value is -2.29. The van der Waals surface area contributed by atoms with Crippen molar-refractivity contribution in [2.75, 3.05) is 47.5 Å². The van der Waals surface area contributed by atoms with Crippen molar-refractivity contribution in [3.05, 3.63) is 60.8 Å². The van der Waals surface area contributed by atoms with Crippen LogP contribution in [0.5, 0.6) is 0 Å². The van der Waals surface area contributed by atoms with Crippen molar-refractivity contribution in [1.82, 2.24) is 0 Å². The molecule has 2 atom stereocenters. The molecule has 0 aliphatic carbocycles. The fourth-order valence-electron chi connectivity index (χ4n) is 6.24. The molecule has 1 N–H and O–H groups in total. The number of carbonyl (C=O) groups is 2. The molecule has 0 amide bonds. The molecule has 1 unspecified atom stereocenters. The zero-order valence-electron chi connectivity index (χ0n) is 39.2. The number of phosphoric acid groups is 1. The van der Waals surface area contributed by atoms with Crippen LogP contribution in [0.4, 0.5) is 0 Å². The SMILES string of the molecule is CCCCC/C=C\C/C=C\C/C=C\C/C=C\CCCC(=O)OC[C@H](COP(=O)(O)OCC[N+](C)(C)C)OC(=O)CCCCCCCCC/C=C\CCCCCCCCCC. The molecule has 10 heteroatoms. The van der Waals surface area contributed by atoms with Crippen molar-refractivity contribution in [2.45, 2.75) is 200 Å². The highest BCUT2D eigenvalue weighted by Crippen LogP contribution is 2.43. The molecule has 0 rings (SSSR count). The molecule has 0 heterocycles. The first-order valence-corrected chi connectivity index (χ1v) is 25.5. The van der Waals surface area contributed by atoms with E-state index in [0.717, 1.165) is 51.4 Å². The van der Waals surface area contributed by atoms with E-state index >= 15 is 0 Å². The summed E-state index contributed by atoms with van der Waals surface area (Å²) >= 11 is 0. The third-order valence-electron chi connectivity index (χ3n) is 10.0. The number of quaternary nitrogens is 1. The molecule has 0 spiro atoms. The molecule has 0 aromatic heterocycles. The number of carbonyl (C=O) groups excluding carboxylic acids is 2. The zero-order chi connectivity index (χ0) is 44.3. The first-order chi connectivity index (χ1) is 29.0. The first-order valence-electron chi connectivity index (χ1n) is 24.0. The van der Waals surface area contributed by atoms with Crippen LogP contribution in [0.15, 0.2) is 60.8 Å². The van der Waals surface area contributed by atoms with Gasteiger partial charge in [0.15, 0.2) is 6.10 Å². The number of phosphoric ester groups is 1. The second kappa shape index (κ2) is 42.0. The van der Waals surface area contributed by atoms with Crippen LogP contribution >= 0.6 is 7.82 Å². The maximum atomic E-state index is 12.7. The van der Waals surface area contributed by atoms with Crippen molar-refractivity contribution in [3.63, 3.8) is 0 Å². The van der Waals surface area contributed by atoms with Gasteiger partial charge in [-0.15, -0.1) is 0 Å². The Labute approximate surface area is 368 Å². The summed E-state index contributed by atoms with van der Waals surface area (Å²) in [7, 11) is 1.44. The van der Waals surface area contributed by atoms with Crippen molar-refractivity contribution in [3.8, 4) is 0 Å². The lowest BCUT2D eigenvalue weighted by Gasteiger charge is -2.24. The molecule has 0 aliphatic rings. The monoisotopic (exact) mass is 865 g/mol. The highest BCUT2D eigenvalue weighted by molar-refractivity contribution is 7.47. The Balaban J connectivity index is 4.40. The van der Waals surface area contributed by atoms with Gasteiger partial charge in [0.1, 0.15) is 19.8 Å². The first kappa shape index (κ1) is 57.7. The van der Waals surface area contributed by atoms with E-state index in [-0.39, 0.29) is 26.1 Å². The van der Waals surface area contributed by atoms with Gasteiger partial charge in [-0.2, -0.15) is 0 Å². The van der Waals surface area contributed by atoms with Crippen molar-refractivity contribution in [2.24, 2.45) is 0 Å². The van der Waals surface area contributed by atoms with Crippen LogP contribution in [0.1, 0.15) is 194 Å². The molecule has 0 saturated heterocycles. The van der Waals surface area contributed by atoms with E-state index in [2.05, 4.69) is 74.6 Å². The molecule has 60 heavy (non-hydrogen) atoms. The summed E-state index contributed by atoms with van der Waals surface area (Å²) in [5.41, 5.74) is 0. The van der Waals surface area contributed by atoms with Gasteiger partial charge in [-0.1, -0.05) is 164 Å². The van der Waals surface area contributed by atoms with Crippen molar-refractivity contribution in [1.29, 1.82) is 0 Å². The lowest BCUT2D eigenvalue weighted by Crippen LogP contribution is -2.37. The van der Waals surface area contributed by atoms with E-state index in [1.807, 2.05) is 21.1 Å². The Bertz CT molecular complexity index is 1210. The van der Waals surface area contributed by atoms with Crippen molar-refractivity contribution < 1.29 is 42.1 Å². The van der Waals surface area contributed by atoms with Gasteiger partial charge in [-0.25, -0.2) is 4.57 Å². The van der Waals surface area contributed by atoms with Gasteiger partial charge in [0.05, 0.1) is 27.7 Å². The smallest absolute Gasteiger partial charge is 0.462 e. The number of allylic oxidation sites excluding steroid dienone is 10. The van der Waals surface area contributed by atoms with Gasteiger partial charge < -0.3 is 18.9 Å². The molecular weight excluding hydrogens is 774 g/mol. The number of hydrogen-bond donors (Lipinski definition) is 1. The number of nitrogens with zero attached hydrogens (tertiary/aromatic N) is 1. The minimum absolute atomic E-state index is 0.0204. The molecule has 0 saturated carbocycles. The largest absolute Gasteiger partial charge is 0.472 e. The molecule has 348 valence electrons. The lowest BCUT2D eigenvalue weighted by atomic mass is 10.1. The molecule has 0 radical (unpaired) electrons. The van der Waals surface area contributed by atoms with Crippen LogP contribution in [-0.2, 0) is 32.7 Å². The van der Waals surface area contributed by atoms with Crippen molar-refractivity contribution >= 4 is 19.8 Å². The number of hydrogen-bond acceptors (Lipinski definition) is 7. The maximum absolute atomic E-state index is 12.7. The summed E-state index contributed by atoms with van der Waals surface area (Å²) in [5.74, 6) is -0.870. The standard InChI is InChI=1S/C50H90NO8P/c1-6-8-10-12-14-16-18-20-22-24-25-27-29-31-33-35-37-39-41-43-50(53)59-48(47-58-60(54,55)57-45-44-51(3,4)5)46-56-49(52)42-40-38-36-34-32-30-28-26-23-21-19-17-15-13-11-9-7-2/h15,17,21,23-25,28,30,34,36,48H,6-14,16,18-20,22,26-27,29,31-33,35,37-47H2,1-5H3/p+1/b17-15-,23-21-,25-24-,30-28-,36-34-/t48-/m1/s1. The van der Waals surface area contributed by atoms with E-state index in [4.69, 9.17) is 18.5 Å². The van der Waals surface area contributed by atoms with Gasteiger partial charge >= 0.3 is 19.8 Å². The second-order valence-electron chi connectivity index (χ2n) is 17.1. The molecule has 0 fully saturated rings. The average molecular weight is 865 g/mol. The lowest BCUT2D eigenvalue weighted by molar-refractivity contribution is -0.870. The van der Waals surface area contributed by atoms with Gasteiger partial charge in [-0.3, -0.25) is 18.6 Å². The summed E-state index contributed by atoms with van der Waals surface area (Å²) < 4.78 is 34.3. The van der Waals surface area contributed by atoms with Crippen LogP contribution in [0.2, 0.25) is 0 Å². The van der Waals surface area contributed by atoms with Crippen LogP contribution in [0, 0.1) is 0 Å². The highest BCUT2D eigenvalue weighted by atomic mass is 31.2. The van der Waals surface area contributed by atoms with E-state index in [0.29, 0.717) is 23.9 Å². The summed E-state index contributed by atoms with van der Waals surface area (Å²) in [6.07, 6.45) is 51.3. The number of ether oxygens (including phenoxy) is 2. The number of unbranched alkanes of at least 4 members (excludes halogenated alkanes) is 19. The zero-order valence-corrected chi connectivity index (χ0v) is 40.1. The molecule has 0 aliphatic heterocycles. The van der Waals surface area contributed by atoms with Crippen LogP contribution < -0.4 is 0 Å². The van der Waals surface area contributed by atoms with E-state index < -0.39 is 32.5 Å². The quantitative estimate of drug-likeness (QED) is 0.0212. The Morgan fingerprint density at radius 1 is 0.517 bits per heavy atom. The summed E-state index contributed by atoms with van der Waals surface area (Å²) in [6, 6.07) is 0. The van der Waals surface area contributed by atoms with Crippen LogP contribution in [-0.4, -0.2) is 74.9 Å². The van der Waals surface area contributed by atoms with E-state index in [1.54, 1.807) is 0 Å². The summed E-state index contributed by atoms with van der Waals surface area (Å²) in [6.45, 7) is 4.33. The number of esters is 2. The van der Waals surface area contributed by atoms with Gasteiger partial charge in [0.2, 0.25) is 0 Å². The van der Waals surface area contributed by atoms with Crippen LogP contribution in [0.25, 0.3) is 0 Å². The Morgan fingerprint density at radius 2 is 0.917 bits per heavy atom. The maximum Gasteiger partial charge on any atom is 0.472 e. The summed E-state index contributed by atoms with van der Waals surface area (Å²) in [4.78, 5) is 35.4. The Kier molecular flexibility index (Phi) is 40.4. The third kappa shape index (κ3) is 45.2. The minimum Gasteiger partial charge on any atom is -0.462 e.